The summed E-state index contributed by atoms with van der Waals surface area (Å²) in [5, 5.41) is 23.8. The molecule has 118 valence electrons. The summed E-state index contributed by atoms with van der Waals surface area (Å²) >= 11 is 0. The molecule has 0 aliphatic heterocycles. The molecule has 0 heterocycles. The Morgan fingerprint density at radius 1 is 1.43 bits per heavy atom. The molecule has 0 atom stereocenters. The average molecular weight is 298 g/mol. The lowest BCUT2D eigenvalue weighted by molar-refractivity contribution is -0.386. The number of nitro benzene ring substituents is 1. The van der Waals surface area contributed by atoms with E-state index in [9.17, 15) is 15.2 Å². The zero-order valence-corrected chi connectivity index (χ0v) is 12.6. The first-order chi connectivity index (χ1) is 9.83. The quantitative estimate of drug-likeness (QED) is 0.407. The highest BCUT2D eigenvalue weighted by atomic mass is 16.6. The summed E-state index contributed by atoms with van der Waals surface area (Å²) in [6.07, 6.45) is 0. The SMILES string of the molecule is COCCNCc1ccc([N+](=O)[O-])c(OCC(C)(C)O)c1. The molecule has 0 spiro atoms. The van der Waals surface area contributed by atoms with Gasteiger partial charge in [-0.25, -0.2) is 0 Å². The average Bonchev–Trinajstić information content (AvgIpc) is 2.40. The number of nitrogens with one attached hydrogen (secondary N) is 1. The summed E-state index contributed by atoms with van der Waals surface area (Å²) in [7, 11) is 1.62. The minimum absolute atomic E-state index is 0.0194. The number of hydrogen-bond acceptors (Lipinski definition) is 6. The van der Waals surface area contributed by atoms with Gasteiger partial charge in [0, 0.05) is 26.3 Å². The largest absolute Gasteiger partial charge is 0.484 e. The number of hydrogen-bond donors (Lipinski definition) is 2. The van der Waals surface area contributed by atoms with E-state index < -0.39 is 10.5 Å². The van der Waals surface area contributed by atoms with Gasteiger partial charge in [0.15, 0.2) is 5.75 Å². The summed E-state index contributed by atoms with van der Waals surface area (Å²) in [6.45, 7) is 4.97. The summed E-state index contributed by atoms with van der Waals surface area (Å²) < 4.78 is 10.3. The lowest BCUT2D eigenvalue weighted by Crippen LogP contribution is -2.28. The fraction of sp³-hybridized carbons (Fsp3) is 0.571. The second-order valence-corrected chi connectivity index (χ2v) is 5.33. The van der Waals surface area contributed by atoms with Gasteiger partial charge in [0.25, 0.3) is 0 Å². The van der Waals surface area contributed by atoms with Crippen molar-refractivity contribution in [3.8, 4) is 5.75 Å². The van der Waals surface area contributed by atoms with Crippen molar-refractivity contribution in [3.63, 3.8) is 0 Å². The second kappa shape index (κ2) is 7.92. The number of nitrogens with zero attached hydrogens (tertiary/aromatic N) is 1. The summed E-state index contributed by atoms with van der Waals surface area (Å²) in [4.78, 5) is 10.5. The predicted molar refractivity (Wildman–Crippen MR) is 78.5 cm³/mol. The van der Waals surface area contributed by atoms with Crippen molar-refractivity contribution in [2.24, 2.45) is 0 Å². The van der Waals surface area contributed by atoms with Crippen molar-refractivity contribution < 1.29 is 19.5 Å². The van der Waals surface area contributed by atoms with E-state index >= 15 is 0 Å². The molecule has 0 saturated heterocycles. The van der Waals surface area contributed by atoms with Crippen LogP contribution in [0.5, 0.6) is 5.75 Å². The Hall–Kier alpha value is -1.70. The van der Waals surface area contributed by atoms with Crippen LogP contribution < -0.4 is 10.1 Å². The Kier molecular flexibility index (Phi) is 6.54. The lowest BCUT2D eigenvalue weighted by Gasteiger charge is -2.18. The van der Waals surface area contributed by atoms with Gasteiger partial charge < -0.3 is 19.9 Å². The maximum absolute atomic E-state index is 11.0. The first-order valence-corrected chi connectivity index (χ1v) is 6.65. The van der Waals surface area contributed by atoms with Gasteiger partial charge in [-0.3, -0.25) is 10.1 Å². The highest BCUT2D eigenvalue weighted by Gasteiger charge is 2.19. The van der Waals surface area contributed by atoms with Gasteiger partial charge in [0.1, 0.15) is 6.61 Å². The first-order valence-electron chi connectivity index (χ1n) is 6.65. The molecule has 1 aromatic rings. The Balaban J connectivity index is 2.78. The predicted octanol–water partition coefficient (Wildman–Crippen LogP) is 1.48. The molecular formula is C14H22N2O5. The second-order valence-electron chi connectivity index (χ2n) is 5.33. The van der Waals surface area contributed by atoms with Crippen LogP contribution in [0.3, 0.4) is 0 Å². The topological polar surface area (TPSA) is 93.9 Å². The molecule has 0 amide bonds. The lowest BCUT2D eigenvalue weighted by atomic mass is 10.1. The van der Waals surface area contributed by atoms with Crippen LogP contribution >= 0.6 is 0 Å². The number of aliphatic hydroxyl groups is 1. The molecule has 0 unspecified atom stereocenters. The Labute approximate surface area is 124 Å². The van der Waals surface area contributed by atoms with E-state index in [1.165, 1.54) is 6.07 Å². The maximum Gasteiger partial charge on any atom is 0.310 e. The highest BCUT2D eigenvalue weighted by Crippen LogP contribution is 2.28. The van der Waals surface area contributed by atoms with E-state index in [-0.39, 0.29) is 18.0 Å². The van der Waals surface area contributed by atoms with Crippen molar-refractivity contribution in [1.82, 2.24) is 5.32 Å². The normalized spacial score (nSPS) is 11.4. The van der Waals surface area contributed by atoms with Gasteiger partial charge in [-0.15, -0.1) is 0 Å². The molecule has 0 saturated carbocycles. The Morgan fingerprint density at radius 2 is 2.14 bits per heavy atom. The van der Waals surface area contributed by atoms with Crippen molar-refractivity contribution in [3.05, 3.63) is 33.9 Å². The number of methoxy groups -OCH3 is 1. The van der Waals surface area contributed by atoms with Crippen molar-refractivity contribution in [1.29, 1.82) is 0 Å². The van der Waals surface area contributed by atoms with Crippen LogP contribution in [-0.4, -0.2) is 42.5 Å². The van der Waals surface area contributed by atoms with E-state index in [1.54, 1.807) is 33.1 Å². The van der Waals surface area contributed by atoms with Gasteiger partial charge in [-0.1, -0.05) is 6.07 Å². The number of ether oxygens (including phenoxy) is 2. The van der Waals surface area contributed by atoms with Gasteiger partial charge in [0.05, 0.1) is 17.1 Å². The zero-order chi connectivity index (χ0) is 15.9. The van der Waals surface area contributed by atoms with E-state index in [0.717, 1.165) is 5.56 Å². The molecule has 2 N–H and O–H groups in total. The highest BCUT2D eigenvalue weighted by molar-refractivity contribution is 5.48. The van der Waals surface area contributed by atoms with Crippen LogP contribution in [0.2, 0.25) is 0 Å². The van der Waals surface area contributed by atoms with Crippen LogP contribution in [0.4, 0.5) is 5.69 Å². The van der Waals surface area contributed by atoms with Crippen molar-refractivity contribution >= 4 is 5.69 Å². The third kappa shape index (κ3) is 6.52. The molecule has 0 bridgehead atoms. The van der Waals surface area contributed by atoms with Gasteiger partial charge in [0.2, 0.25) is 0 Å². The molecular weight excluding hydrogens is 276 g/mol. The monoisotopic (exact) mass is 298 g/mol. The maximum atomic E-state index is 11.0. The number of nitro groups is 1. The van der Waals surface area contributed by atoms with Crippen molar-refractivity contribution in [2.45, 2.75) is 26.0 Å². The molecule has 7 heteroatoms. The van der Waals surface area contributed by atoms with Crippen LogP contribution in [-0.2, 0) is 11.3 Å². The zero-order valence-electron chi connectivity index (χ0n) is 12.6. The Morgan fingerprint density at radius 3 is 2.71 bits per heavy atom. The standard InChI is InChI=1S/C14H22N2O5/c1-14(2,17)10-21-13-8-11(9-15-6-7-20-3)4-5-12(13)16(18)19/h4-5,8,15,17H,6-7,9-10H2,1-3H3. The third-order valence-corrected chi connectivity index (χ3v) is 2.61. The minimum Gasteiger partial charge on any atom is -0.484 e. The summed E-state index contributed by atoms with van der Waals surface area (Å²) in [6, 6.07) is 4.70. The van der Waals surface area contributed by atoms with Crippen LogP contribution in [0.15, 0.2) is 18.2 Å². The Bertz CT molecular complexity index is 471. The summed E-state index contributed by atoms with van der Waals surface area (Å²) in [5.74, 6) is 0.160. The van der Waals surface area contributed by atoms with Crippen LogP contribution in [0.1, 0.15) is 19.4 Å². The number of benzene rings is 1. The van der Waals surface area contributed by atoms with Crippen LogP contribution in [0, 0.1) is 10.1 Å². The van der Waals surface area contributed by atoms with Crippen LogP contribution in [0.25, 0.3) is 0 Å². The summed E-state index contributed by atoms with van der Waals surface area (Å²) in [5.41, 5.74) is -0.303. The van der Waals surface area contributed by atoms with Gasteiger partial charge in [-0.2, -0.15) is 0 Å². The van der Waals surface area contributed by atoms with Gasteiger partial charge in [-0.05, 0) is 25.5 Å². The third-order valence-electron chi connectivity index (χ3n) is 2.61. The molecule has 7 nitrogen and oxygen atoms in total. The molecule has 0 aromatic heterocycles. The molecule has 0 aliphatic carbocycles. The van der Waals surface area contributed by atoms with Crippen molar-refractivity contribution in [2.75, 3.05) is 26.9 Å². The molecule has 0 aliphatic rings. The molecule has 0 fully saturated rings. The van der Waals surface area contributed by atoms with Gasteiger partial charge >= 0.3 is 5.69 Å². The molecule has 1 aromatic carbocycles. The minimum atomic E-state index is -1.05. The van der Waals surface area contributed by atoms with E-state index in [0.29, 0.717) is 19.7 Å². The first kappa shape index (κ1) is 17.4. The van der Waals surface area contributed by atoms with E-state index in [4.69, 9.17) is 9.47 Å². The molecule has 0 radical (unpaired) electrons. The molecule has 1 rings (SSSR count). The smallest absolute Gasteiger partial charge is 0.310 e. The molecule has 21 heavy (non-hydrogen) atoms. The number of rotatable bonds is 9. The fourth-order valence-electron chi connectivity index (χ4n) is 1.60. The fourth-order valence-corrected chi connectivity index (χ4v) is 1.60. The van der Waals surface area contributed by atoms with E-state index in [2.05, 4.69) is 5.32 Å². The van der Waals surface area contributed by atoms with E-state index in [1.807, 2.05) is 0 Å².